The number of hydrogen-bond acceptors (Lipinski definition) is 2. The van der Waals surface area contributed by atoms with Crippen molar-refractivity contribution in [1.82, 2.24) is 0 Å². The Morgan fingerprint density at radius 3 is 2.47 bits per heavy atom. The van der Waals surface area contributed by atoms with Gasteiger partial charge in [-0.2, -0.15) is 0 Å². The molecule has 2 rings (SSSR count). The van der Waals surface area contributed by atoms with E-state index in [-0.39, 0.29) is 5.82 Å². The molecule has 1 saturated heterocycles. The van der Waals surface area contributed by atoms with Crippen LogP contribution in [0.3, 0.4) is 0 Å². The van der Waals surface area contributed by atoms with Crippen molar-refractivity contribution in [2.75, 3.05) is 25.1 Å². The van der Waals surface area contributed by atoms with E-state index in [0.29, 0.717) is 5.69 Å². The summed E-state index contributed by atoms with van der Waals surface area (Å²) in [7, 11) is 1.70. The van der Waals surface area contributed by atoms with Crippen LogP contribution in [0.25, 0.3) is 0 Å². The number of nitrogens with zero attached hydrogens (tertiary/aromatic N) is 1. The molecule has 0 aliphatic carbocycles. The first kappa shape index (κ1) is 10.4. The first-order valence-corrected chi connectivity index (χ1v) is 5.19. The average molecular weight is 208 g/mol. The number of rotatable bonds is 2. The molecule has 81 valence electrons. The van der Waals surface area contributed by atoms with Gasteiger partial charge in [-0.1, -0.05) is 12.1 Å². The van der Waals surface area contributed by atoms with Crippen molar-refractivity contribution >= 4 is 5.69 Å². The number of piperidine rings is 1. The van der Waals surface area contributed by atoms with E-state index in [1.54, 1.807) is 13.2 Å². The van der Waals surface area contributed by atoms with Crippen LogP contribution in [0.4, 0.5) is 10.1 Å². The summed E-state index contributed by atoms with van der Waals surface area (Å²) in [5.41, 5.74) is 0.702. The number of methoxy groups -OCH3 is 1. The fourth-order valence-corrected chi connectivity index (χ4v) is 1.91. The second kappa shape index (κ2) is 4.62. The SMILES string of the molecule is CO[C]1CCN(c2ccccc2F)CC1. The highest BCUT2D eigenvalue weighted by Crippen LogP contribution is 2.26. The monoisotopic (exact) mass is 208 g/mol. The molecule has 0 amide bonds. The smallest absolute Gasteiger partial charge is 0.146 e. The third kappa shape index (κ3) is 2.29. The molecular formula is C12H15FNO. The van der Waals surface area contributed by atoms with Gasteiger partial charge in [0.1, 0.15) is 11.9 Å². The van der Waals surface area contributed by atoms with E-state index in [4.69, 9.17) is 4.74 Å². The zero-order valence-corrected chi connectivity index (χ0v) is 8.87. The minimum absolute atomic E-state index is 0.140. The molecule has 0 spiro atoms. The maximum absolute atomic E-state index is 13.5. The van der Waals surface area contributed by atoms with Crippen LogP contribution in [0.5, 0.6) is 0 Å². The van der Waals surface area contributed by atoms with Crippen LogP contribution in [-0.2, 0) is 4.74 Å². The molecule has 1 aromatic carbocycles. The van der Waals surface area contributed by atoms with Crippen molar-refractivity contribution in [2.24, 2.45) is 0 Å². The van der Waals surface area contributed by atoms with Crippen LogP contribution in [0.1, 0.15) is 12.8 Å². The highest BCUT2D eigenvalue weighted by Gasteiger charge is 2.21. The highest BCUT2D eigenvalue weighted by atomic mass is 19.1. The molecule has 1 radical (unpaired) electrons. The minimum Gasteiger partial charge on any atom is -0.375 e. The van der Waals surface area contributed by atoms with Gasteiger partial charge in [-0.15, -0.1) is 0 Å². The Bertz CT molecular complexity index is 321. The Hall–Kier alpha value is -1.09. The molecule has 2 nitrogen and oxygen atoms in total. The summed E-state index contributed by atoms with van der Waals surface area (Å²) in [5, 5.41) is 0. The molecule has 1 aromatic rings. The first-order valence-electron chi connectivity index (χ1n) is 5.19. The maximum Gasteiger partial charge on any atom is 0.146 e. The fourth-order valence-electron chi connectivity index (χ4n) is 1.91. The standard InChI is InChI=1S/C12H15FNO/c1-15-10-6-8-14(9-7-10)12-5-3-2-4-11(12)13/h2-5H,6-9H2,1H3. The summed E-state index contributed by atoms with van der Waals surface area (Å²) in [6.07, 6.45) is 2.90. The van der Waals surface area contributed by atoms with Gasteiger partial charge in [0.2, 0.25) is 0 Å². The zero-order chi connectivity index (χ0) is 10.7. The second-order valence-corrected chi connectivity index (χ2v) is 3.68. The molecule has 1 aliphatic heterocycles. The predicted octanol–water partition coefficient (Wildman–Crippen LogP) is 2.60. The molecule has 0 unspecified atom stereocenters. The van der Waals surface area contributed by atoms with Gasteiger partial charge in [0.25, 0.3) is 0 Å². The van der Waals surface area contributed by atoms with E-state index in [1.165, 1.54) is 6.07 Å². The summed E-state index contributed by atoms with van der Waals surface area (Å²) in [6.45, 7) is 1.67. The summed E-state index contributed by atoms with van der Waals surface area (Å²) < 4.78 is 18.7. The van der Waals surface area contributed by atoms with Crippen LogP contribution in [0.2, 0.25) is 0 Å². The lowest BCUT2D eigenvalue weighted by atomic mass is 10.1. The Morgan fingerprint density at radius 2 is 1.87 bits per heavy atom. The lowest BCUT2D eigenvalue weighted by Gasteiger charge is -2.32. The summed E-state index contributed by atoms with van der Waals surface area (Å²) >= 11 is 0. The van der Waals surface area contributed by atoms with Gasteiger partial charge in [0, 0.05) is 20.2 Å². The van der Waals surface area contributed by atoms with E-state index < -0.39 is 0 Å². The van der Waals surface area contributed by atoms with Crippen molar-refractivity contribution in [3.05, 3.63) is 36.2 Å². The summed E-state index contributed by atoms with van der Waals surface area (Å²) in [6, 6.07) is 6.92. The van der Waals surface area contributed by atoms with Crippen molar-refractivity contribution in [2.45, 2.75) is 12.8 Å². The highest BCUT2D eigenvalue weighted by molar-refractivity contribution is 5.48. The molecule has 0 bridgehead atoms. The summed E-state index contributed by atoms with van der Waals surface area (Å²) in [4.78, 5) is 2.07. The third-order valence-corrected chi connectivity index (χ3v) is 2.80. The van der Waals surface area contributed by atoms with E-state index in [9.17, 15) is 4.39 Å². The van der Waals surface area contributed by atoms with Crippen LogP contribution in [-0.4, -0.2) is 20.2 Å². The van der Waals surface area contributed by atoms with Crippen molar-refractivity contribution < 1.29 is 9.13 Å². The summed E-state index contributed by atoms with van der Waals surface area (Å²) in [5.74, 6) is -0.140. The van der Waals surface area contributed by atoms with Crippen LogP contribution in [0, 0.1) is 11.9 Å². The molecule has 0 atom stereocenters. The van der Waals surface area contributed by atoms with Gasteiger partial charge < -0.3 is 9.64 Å². The topological polar surface area (TPSA) is 12.5 Å². The number of benzene rings is 1. The number of ether oxygens (including phenoxy) is 1. The maximum atomic E-state index is 13.5. The molecular weight excluding hydrogens is 193 g/mol. The molecule has 0 saturated carbocycles. The number of anilines is 1. The minimum atomic E-state index is -0.140. The molecule has 3 heteroatoms. The predicted molar refractivity (Wildman–Crippen MR) is 58.1 cm³/mol. The van der Waals surface area contributed by atoms with Crippen LogP contribution < -0.4 is 4.90 Å². The lowest BCUT2D eigenvalue weighted by Crippen LogP contribution is -2.33. The van der Waals surface area contributed by atoms with Crippen molar-refractivity contribution in [3.8, 4) is 0 Å². The number of para-hydroxylation sites is 1. The molecule has 0 N–H and O–H groups in total. The Balaban J connectivity index is 2.04. The van der Waals surface area contributed by atoms with Crippen molar-refractivity contribution in [1.29, 1.82) is 0 Å². The Labute approximate surface area is 89.7 Å². The molecule has 0 aromatic heterocycles. The number of hydrogen-bond donors (Lipinski definition) is 0. The van der Waals surface area contributed by atoms with Gasteiger partial charge in [0.05, 0.1) is 5.69 Å². The Morgan fingerprint density at radius 1 is 1.20 bits per heavy atom. The van der Waals surface area contributed by atoms with E-state index in [1.807, 2.05) is 12.1 Å². The molecule has 1 fully saturated rings. The quantitative estimate of drug-likeness (QED) is 0.740. The first-order chi connectivity index (χ1) is 7.31. The lowest BCUT2D eigenvalue weighted by molar-refractivity contribution is 0.177. The second-order valence-electron chi connectivity index (χ2n) is 3.68. The van der Waals surface area contributed by atoms with Gasteiger partial charge in [-0.3, -0.25) is 0 Å². The van der Waals surface area contributed by atoms with Gasteiger partial charge in [0.15, 0.2) is 0 Å². The van der Waals surface area contributed by atoms with Gasteiger partial charge >= 0.3 is 0 Å². The van der Waals surface area contributed by atoms with Gasteiger partial charge in [-0.25, -0.2) is 4.39 Å². The van der Waals surface area contributed by atoms with Crippen LogP contribution in [0.15, 0.2) is 24.3 Å². The number of halogens is 1. The fraction of sp³-hybridized carbons (Fsp3) is 0.417. The zero-order valence-electron chi connectivity index (χ0n) is 8.87. The molecule has 1 aliphatic rings. The largest absolute Gasteiger partial charge is 0.375 e. The average Bonchev–Trinajstić information content (AvgIpc) is 2.30. The van der Waals surface area contributed by atoms with E-state index >= 15 is 0 Å². The normalized spacial score (nSPS) is 18.1. The Kier molecular flexibility index (Phi) is 3.21. The van der Waals surface area contributed by atoms with E-state index in [2.05, 4.69) is 4.90 Å². The van der Waals surface area contributed by atoms with Crippen LogP contribution >= 0.6 is 0 Å². The third-order valence-electron chi connectivity index (χ3n) is 2.80. The van der Waals surface area contributed by atoms with E-state index in [0.717, 1.165) is 32.0 Å². The van der Waals surface area contributed by atoms with Crippen molar-refractivity contribution in [3.63, 3.8) is 0 Å². The molecule has 1 heterocycles. The van der Waals surface area contributed by atoms with Gasteiger partial charge in [-0.05, 0) is 25.0 Å². The molecule has 15 heavy (non-hydrogen) atoms.